The zero-order chi connectivity index (χ0) is 16.0. The van der Waals surface area contributed by atoms with Gasteiger partial charge in [-0.1, -0.05) is 6.07 Å². The molecule has 21 heavy (non-hydrogen) atoms. The fourth-order valence-corrected chi connectivity index (χ4v) is 3.45. The zero-order valence-corrected chi connectivity index (χ0v) is 12.8. The molecule has 0 aliphatic carbocycles. The maximum atomic E-state index is 12.3. The second-order valence-corrected chi connectivity index (χ2v) is 6.58. The second kappa shape index (κ2) is 7.20. The minimum Gasteiger partial charge on any atom is -0.481 e. The number of sulfonamides is 1. The van der Waals surface area contributed by atoms with Gasteiger partial charge in [0.25, 0.3) is 0 Å². The lowest BCUT2D eigenvalue weighted by Crippen LogP contribution is -2.33. The number of hydrogen-bond acceptors (Lipinski definition) is 4. The molecule has 0 fully saturated rings. The predicted octanol–water partition coefficient (Wildman–Crippen LogP) is 1.79. The van der Waals surface area contributed by atoms with Gasteiger partial charge in [-0.05, 0) is 44.4 Å². The third kappa shape index (κ3) is 5.17. The van der Waals surface area contributed by atoms with Gasteiger partial charge in [-0.2, -0.15) is 5.26 Å². The van der Waals surface area contributed by atoms with Crippen molar-refractivity contribution >= 4 is 16.0 Å². The van der Waals surface area contributed by atoms with Crippen molar-refractivity contribution in [2.75, 3.05) is 0 Å². The molecule has 1 aromatic rings. The Labute approximate surface area is 124 Å². The number of carboxylic acids is 1. The summed E-state index contributed by atoms with van der Waals surface area (Å²) < 4.78 is 27.1. The van der Waals surface area contributed by atoms with Gasteiger partial charge < -0.3 is 5.11 Å². The molecule has 2 N–H and O–H groups in total. The molecular formula is C14H18N2O4S. The molecule has 0 bridgehead atoms. The van der Waals surface area contributed by atoms with E-state index in [1.807, 2.05) is 6.07 Å². The summed E-state index contributed by atoms with van der Waals surface area (Å²) in [6, 6.07) is 6.01. The maximum absolute atomic E-state index is 12.3. The molecule has 1 aromatic carbocycles. The number of aryl methyl sites for hydroxylation is 1. The van der Waals surface area contributed by atoms with Gasteiger partial charge in [0, 0.05) is 12.5 Å². The number of benzene rings is 1. The molecule has 6 nitrogen and oxygen atoms in total. The Morgan fingerprint density at radius 3 is 2.71 bits per heavy atom. The fraction of sp³-hybridized carbons (Fsp3) is 0.429. The van der Waals surface area contributed by atoms with Gasteiger partial charge in [0.1, 0.15) is 0 Å². The van der Waals surface area contributed by atoms with Crippen LogP contribution >= 0.6 is 0 Å². The summed E-state index contributed by atoms with van der Waals surface area (Å²) in [6.45, 7) is 3.34. The molecule has 0 aliphatic rings. The molecule has 1 atom stereocenters. The number of carboxylic acid groups (broad SMARTS) is 1. The lowest BCUT2D eigenvalue weighted by Gasteiger charge is -2.15. The van der Waals surface area contributed by atoms with Crippen molar-refractivity contribution in [1.82, 2.24) is 4.72 Å². The molecule has 7 heteroatoms. The van der Waals surface area contributed by atoms with E-state index in [1.165, 1.54) is 6.07 Å². The second-order valence-electron chi connectivity index (χ2n) is 4.90. The number of nitrogens with one attached hydrogen (secondary N) is 1. The van der Waals surface area contributed by atoms with E-state index in [0.717, 1.165) is 0 Å². The van der Waals surface area contributed by atoms with Gasteiger partial charge in [-0.25, -0.2) is 13.1 Å². The third-order valence-electron chi connectivity index (χ3n) is 2.99. The van der Waals surface area contributed by atoms with E-state index in [4.69, 9.17) is 10.4 Å². The third-order valence-corrected chi connectivity index (χ3v) is 4.72. The summed E-state index contributed by atoms with van der Waals surface area (Å²) in [5, 5.41) is 17.4. The Bertz CT molecular complexity index is 662. The Balaban J connectivity index is 2.82. The fourth-order valence-electron chi connectivity index (χ4n) is 1.91. The van der Waals surface area contributed by atoms with Crippen LogP contribution in [0.5, 0.6) is 0 Å². The summed E-state index contributed by atoms with van der Waals surface area (Å²) in [7, 11) is -3.72. The largest absolute Gasteiger partial charge is 0.481 e. The highest BCUT2D eigenvalue weighted by Crippen LogP contribution is 2.17. The van der Waals surface area contributed by atoms with Gasteiger partial charge in [0.2, 0.25) is 10.0 Å². The van der Waals surface area contributed by atoms with Crippen LogP contribution in [-0.2, 0) is 14.8 Å². The van der Waals surface area contributed by atoms with Gasteiger partial charge >= 0.3 is 5.97 Å². The SMILES string of the molecule is Cc1ccc(C#N)cc1S(=O)(=O)N[C@@H](C)CCCC(=O)O. The molecule has 0 saturated carbocycles. The molecule has 1 rings (SSSR count). The van der Waals surface area contributed by atoms with Crippen molar-refractivity contribution in [3.05, 3.63) is 29.3 Å². The Hall–Kier alpha value is -1.91. The lowest BCUT2D eigenvalue weighted by molar-refractivity contribution is -0.137. The number of hydrogen-bond donors (Lipinski definition) is 2. The Morgan fingerprint density at radius 2 is 2.14 bits per heavy atom. The van der Waals surface area contributed by atoms with Crippen LogP contribution in [0.3, 0.4) is 0 Å². The van der Waals surface area contributed by atoms with Crippen LogP contribution in [0.2, 0.25) is 0 Å². The molecule has 0 amide bonds. The normalized spacial score (nSPS) is 12.6. The molecule has 0 aliphatic heterocycles. The van der Waals surface area contributed by atoms with Gasteiger partial charge in [-0.3, -0.25) is 4.79 Å². The minimum absolute atomic E-state index is 0.00894. The lowest BCUT2D eigenvalue weighted by atomic mass is 10.1. The van der Waals surface area contributed by atoms with Gasteiger partial charge in [0.05, 0.1) is 16.5 Å². The standard InChI is InChI=1S/C14H18N2O4S/c1-10-6-7-12(9-15)8-13(10)21(19,20)16-11(2)4-3-5-14(17)18/h6-8,11,16H,3-5H2,1-2H3,(H,17,18)/t11-/m0/s1. The summed E-state index contributed by atoms with van der Waals surface area (Å²) in [6.07, 6.45) is 0.841. The van der Waals surface area contributed by atoms with Gasteiger partial charge in [-0.15, -0.1) is 0 Å². The summed E-state index contributed by atoms with van der Waals surface area (Å²) in [5.41, 5.74) is 0.832. The maximum Gasteiger partial charge on any atom is 0.303 e. The summed E-state index contributed by atoms with van der Waals surface area (Å²) in [5.74, 6) is -0.900. The Morgan fingerprint density at radius 1 is 1.48 bits per heavy atom. The topological polar surface area (TPSA) is 107 Å². The first-order valence-corrected chi connectivity index (χ1v) is 7.99. The first kappa shape index (κ1) is 17.1. The summed E-state index contributed by atoms with van der Waals surface area (Å²) >= 11 is 0. The van der Waals surface area contributed by atoms with E-state index < -0.39 is 16.0 Å². The molecule has 0 saturated heterocycles. The monoisotopic (exact) mass is 310 g/mol. The van der Waals surface area contributed by atoms with Crippen molar-refractivity contribution in [2.24, 2.45) is 0 Å². The van der Waals surface area contributed by atoms with Crippen LogP contribution in [-0.4, -0.2) is 25.5 Å². The quantitative estimate of drug-likeness (QED) is 0.798. The smallest absolute Gasteiger partial charge is 0.303 e. The van der Waals surface area contributed by atoms with E-state index >= 15 is 0 Å². The number of nitriles is 1. The van der Waals surface area contributed by atoms with Crippen molar-refractivity contribution < 1.29 is 18.3 Å². The average molecular weight is 310 g/mol. The molecule has 0 spiro atoms. The van der Waals surface area contributed by atoms with Crippen LogP contribution in [0.15, 0.2) is 23.1 Å². The number of nitrogens with zero attached hydrogens (tertiary/aromatic N) is 1. The number of carbonyl (C=O) groups is 1. The van der Waals surface area contributed by atoms with E-state index in [-0.39, 0.29) is 22.9 Å². The van der Waals surface area contributed by atoms with E-state index in [9.17, 15) is 13.2 Å². The minimum atomic E-state index is -3.72. The first-order valence-electron chi connectivity index (χ1n) is 6.51. The van der Waals surface area contributed by atoms with Crippen molar-refractivity contribution in [2.45, 2.75) is 44.0 Å². The highest BCUT2D eigenvalue weighted by Gasteiger charge is 2.20. The highest BCUT2D eigenvalue weighted by molar-refractivity contribution is 7.89. The van der Waals surface area contributed by atoms with E-state index in [1.54, 1.807) is 26.0 Å². The first-order chi connectivity index (χ1) is 9.76. The summed E-state index contributed by atoms with van der Waals surface area (Å²) in [4.78, 5) is 10.5. The van der Waals surface area contributed by atoms with Crippen LogP contribution < -0.4 is 4.72 Å². The molecule has 0 heterocycles. The number of aliphatic carboxylic acids is 1. The van der Waals surface area contributed by atoms with Crippen molar-refractivity contribution in [3.63, 3.8) is 0 Å². The zero-order valence-electron chi connectivity index (χ0n) is 12.0. The number of rotatable bonds is 7. The van der Waals surface area contributed by atoms with Crippen molar-refractivity contribution in [3.8, 4) is 6.07 Å². The molecular weight excluding hydrogens is 292 g/mol. The van der Waals surface area contributed by atoms with Crippen LogP contribution in [0.1, 0.15) is 37.3 Å². The highest BCUT2D eigenvalue weighted by atomic mass is 32.2. The molecule has 0 aromatic heterocycles. The average Bonchev–Trinajstić information content (AvgIpc) is 2.38. The van der Waals surface area contributed by atoms with Crippen LogP contribution in [0.4, 0.5) is 0 Å². The Kier molecular flexibility index (Phi) is 5.88. The van der Waals surface area contributed by atoms with Crippen LogP contribution in [0.25, 0.3) is 0 Å². The molecule has 0 radical (unpaired) electrons. The molecule has 0 unspecified atom stereocenters. The van der Waals surface area contributed by atoms with Crippen LogP contribution in [0, 0.1) is 18.3 Å². The predicted molar refractivity (Wildman–Crippen MR) is 77.2 cm³/mol. The van der Waals surface area contributed by atoms with Gasteiger partial charge in [0.15, 0.2) is 0 Å². The van der Waals surface area contributed by atoms with E-state index in [2.05, 4.69) is 4.72 Å². The van der Waals surface area contributed by atoms with E-state index in [0.29, 0.717) is 18.4 Å². The molecule has 114 valence electrons. The van der Waals surface area contributed by atoms with Crippen molar-refractivity contribution in [1.29, 1.82) is 5.26 Å².